The zero-order chi connectivity index (χ0) is 13.9. The van der Waals surface area contributed by atoms with Gasteiger partial charge < -0.3 is 10.5 Å². The first-order valence-electron chi connectivity index (χ1n) is 7.93. The molecule has 110 valence electrons. The van der Waals surface area contributed by atoms with Gasteiger partial charge in [-0.1, -0.05) is 18.2 Å². The number of hydrogen-bond acceptors (Lipinski definition) is 3. The van der Waals surface area contributed by atoms with Gasteiger partial charge in [-0.05, 0) is 50.3 Å². The smallest absolute Gasteiger partial charge is 0.122 e. The van der Waals surface area contributed by atoms with Crippen molar-refractivity contribution in [1.29, 1.82) is 0 Å². The lowest BCUT2D eigenvalue weighted by atomic mass is 9.88. The zero-order valence-corrected chi connectivity index (χ0v) is 12.4. The van der Waals surface area contributed by atoms with Crippen LogP contribution in [0.1, 0.15) is 37.7 Å². The molecule has 3 unspecified atom stereocenters. The monoisotopic (exact) mass is 274 g/mol. The van der Waals surface area contributed by atoms with Crippen LogP contribution >= 0.6 is 0 Å². The van der Waals surface area contributed by atoms with Gasteiger partial charge in [-0.3, -0.25) is 4.90 Å². The molecule has 20 heavy (non-hydrogen) atoms. The Kier molecular flexibility index (Phi) is 4.27. The lowest BCUT2D eigenvalue weighted by Gasteiger charge is -2.40. The minimum atomic E-state index is 0.610. The molecule has 0 bridgehead atoms. The molecule has 1 aromatic rings. The van der Waals surface area contributed by atoms with Gasteiger partial charge in [-0.25, -0.2) is 0 Å². The number of nitrogens with two attached hydrogens (primary N) is 1. The Hall–Kier alpha value is -1.06. The second kappa shape index (κ2) is 6.15. The van der Waals surface area contributed by atoms with Gasteiger partial charge in [-0.15, -0.1) is 0 Å². The Morgan fingerprint density at radius 1 is 1.25 bits per heavy atom. The van der Waals surface area contributed by atoms with Crippen LogP contribution in [0.2, 0.25) is 0 Å². The lowest BCUT2D eigenvalue weighted by molar-refractivity contribution is 0.105. The Bertz CT molecular complexity index is 448. The van der Waals surface area contributed by atoms with Gasteiger partial charge in [0, 0.05) is 25.0 Å². The maximum atomic E-state index is 5.87. The van der Waals surface area contributed by atoms with Crippen molar-refractivity contribution >= 4 is 0 Å². The average molecular weight is 274 g/mol. The third-order valence-electron chi connectivity index (χ3n) is 4.98. The quantitative estimate of drug-likeness (QED) is 0.921. The highest BCUT2D eigenvalue weighted by Crippen LogP contribution is 2.35. The van der Waals surface area contributed by atoms with E-state index in [1.807, 2.05) is 0 Å². The molecule has 0 radical (unpaired) electrons. The highest BCUT2D eigenvalue weighted by Gasteiger charge is 2.29. The van der Waals surface area contributed by atoms with Gasteiger partial charge in [-0.2, -0.15) is 0 Å². The number of ether oxygens (including phenoxy) is 1. The third kappa shape index (κ3) is 2.84. The zero-order valence-electron chi connectivity index (χ0n) is 12.4. The summed E-state index contributed by atoms with van der Waals surface area (Å²) in [7, 11) is 0. The maximum absolute atomic E-state index is 5.87. The first-order valence-corrected chi connectivity index (χ1v) is 7.93. The molecule has 3 rings (SSSR count). The Balaban J connectivity index is 1.71. The highest BCUT2D eigenvalue weighted by atomic mass is 16.5. The van der Waals surface area contributed by atoms with E-state index in [-0.39, 0.29) is 0 Å². The second-order valence-electron chi connectivity index (χ2n) is 6.35. The van der Waals surface area contributed by atoms with Crippen LogP contribution in [0, 0.1) is 5.92 Å². The molecule has 3 heteroatoms. The van der Waals surface area contributed by atoms with Crippen LogP contribution < -0.4 is 10.5 Å². The van der Waals surface area contributed by atoms with Crippen molar-refractivity contribution < 1.29 is 4.74 Å². The first-order chi connectivity index (χ1) is 9.78. The van der Waals surface area contributed by atoms with E-state index in [0.29, 0.717) is 17.9 Å². The molecular weight excluding hydrogens is 248 g/mol. The topological polar surface area (TPSA) is 38.5 Å². The molecule has 1 saturated heterocycles. The van der Waals surface area contributed by atoms with Crippen LogP contribution in [0.3, 0.4) is 0 Å². The Labute approximate surface area is 122 Å². The summed E-state index contributed by atoms with van der Waals surface area (Å²) < 4.78 is 5.77. The number of nitrogens with zero attached hydrogens (tertiary/aromatic N) is 1. The second-order valence-corrected chi connectivity index (χ2v) is 6.35. The minimum absolute atomic E-state index is 0.610. The number of hydrogen-bond donors (Lipinski definition) is 1. The number of rotatable bonds is 3. The van der Waals surface area contributed by atoms with Crippen molar-refractivity contribution in [3.63, 3.8) is 0 Å². The predicted molar refractivity (Wildman–Crippen MR) is 82.1 cm³/mol. The maximum Gasteiger partial charge on any atom is 0.122 e. The van der Waals surface area contributed by atoms with Gasteiger partial charge >= 0.3 is 0 Å². The van der Waals surface area contributed by atoms with E-state index in [0.717, 1.165) is 38.4 Å². The van der Waals surface area contributed by atoms with Crippen LogP contribution in [0.5, 0.6) is 5.75 Å². The molecule has 0 amide bonds. The molecular formula is C17H26N2O. The molecule has 1 aromatic carbocycles. The van der Waals surface area contributed by atoms with Crippen molar-refractivity contribution in [2.24, 2.45) is 11.7 Å². The fourth-order valence-electron chi connectivity index (χ4n) is 3.60. The fourth-order valence-corrected chi connectivity index (χ4v) is 3.60. The molecule has 0 aromatic heterocycles. The van der Waals surface area contributed by atoms with Crippen molar-refractivity contribution in [2.75, 3.05) is 26.2 Å². The summed E-state index contributed by atoms with van der Waals surface area (Å²) >= 11 is 0. The number of likely N-dealkylation sites (tertiary alicyclic amines) is 1. The molecule has 0 spiro atoms. The summed E-state index contributed by atoms with van der Waals surface area (Å²) in [5, 5.41) is 0. The summed E-state index contributed by atoms with van der Waals surface area (Å²) in [6.45, 7) is 6.35. The van der Waals surface area contributed by atoms with Gasteiger partial charge in [0.2, 0.25) is 0 Å². The van der Waals surface area contributed by atoms with E-state index in [9.17, 15) is 0 Å². The van der Waals surface area contributed by atoms with Crippen LogP contribution in [-0.2, 0) is 0 Å². The fraction of sp³-hybridized carbons (Fsp3) is 0.647. The van der Waals surface area contributed by atoms with E-state index in [1.54, 1.807) is 0 Å². The third-order valence-corrected chi connectivity index (χ3v) is 4.98. The van der Waals surface area contributed by atoms with E-state index >= 15 is 0 Å². The summed E-state index contributed by atoms with van der Waals surface area (Å²) in [6, 6.07) is 9.21. The number of fused-ring (bicyclic) bond motifs is 1. The molecule has 3 atom stereocenters. The molecule has 0 aliphatic carbocycles. The molecule has 2 heterocycles. The van der Waals surface area contributed by atoms with Gasteiger partial charge in [0.1, 0.15) is 5.75 Å². The van der Waals surface area contributed by atoms with Crippen molar-refractivity contribution in [1.82, 2.24) is 4.90 Å². The summed E-state index contributed by atoms with van der Waals surface area (Å²) in [5.74, 6) is 2.38. The largest absolute Gasteiger partial charge is 0.493 e. The van der Waals surface area contributed by atoms with Crippen molar-refractivity contribution in [3.05, 3.63) is 29.8 Å². The number of benzene rings is 1. The normalized spacial score (nSPS) is 30.6. The molecule has 2 N–H and O–H groups in total. The van der Waals surface area contributed by atoms with E-state index < -0.39 is 0 Å². The standard InChI is InChI=1S/C17H26N2O/c1-13-6-7-14(10-18)11-19(13)12-15-8-9-20-17-5-3-2-4-16(15)17/h2-5,13-15H,6-12,18H2,1H3. The SMILES string of the molecule is CC1CCC(CN)CN1CC1CCOc2ccccc21. The van der Waals surface area contributed by atoms with Crippen LogP contribution in [-0.4, -0.2) is 37.2 Å². The Morgan fingerprint density at radius 2 is 2.10 bits per heavy atom. The van der Waals surface area contributed by atoms with Crippen LogP contribution in [0.15, 0.2) is 24.3 Å². The number of para-hydroxylation sites is 1. The average Bonchev–Trinajstić information content (AvgIpc) is 2.50. The number of piperidine rings is 1. The minimum Gasteiger partial charge on any atom is -0.493 e. The van der Waals surface area contributed by atoms with E-state index in [2.05, 4.69) is 36.1 Å². The van der Waals surface area contributed by atoms with Crippen LogP contribution in [0.4, 0.5) is 0 Å². The van der Waals surface area contributed by atoms with E-state index in [1.165, 1.54) is 18.4 Å². The summed E-state index contributed by atoms with van der Waals surface area (Å²) in [5.41, 5.74) is 7.26. The van der Waals surface area contributed by atoms with Crippen molar-refractivity contribution in [3.8, 4) is 5.75 Å². The highest BCUT2D eigenvalue weighted by molar-refractivity contribution is 5.38. The van der Waals surface area contributed by atoms with Gasteiger partial charge in [0.15, 0.2) is 0 Å². The van der Waals surface area contributed by atoms with Crippen molar-refractivity contribution in [2.45, 2.75) is 38.1 Å². The van der Waals surface area contributed by atoms with Gasteiger partial charge in [0.05, 0.1) is 6.61 Å². The first kappa shape index (κ1) is 13.9. The summed E-state index contributed by atoms with van der Waals surface area (Å²) in [6.07, 6.45) is 3.71. The molecule has 1 fully saturated rings. The molecule has 0 saturated carbocycles. The van der Waals surface area contributed by atoms with Crippen LogP contribution in [0.25, 0.3) is 0 Å². The molecule has 3 nitrogen and oxygen atoms in total. The van der Waals surface area contributed by atoms with E-state index in [4.69, 9.17) is 10.5 Å². The predicted octanol–water partition coefficient (Wildman–Crippen LogP) is 2.61. The molecule has 2 aliphatic heterocycles. The lowest BCUT2D eigenvalue weighted by Crippen LogP contribution is -2.45. The Morgan fingerprint density at radius 3 is 2.95 bits per heavy atom. The molecule has 2 aliphatic rings. The summed E-state index contributed by atoms with van der Waals surface area (Å²) in [4.78, 5) is 2.65. The van der Waals surface area contributed by atoms with Gasteiger partial charge in [0.25, 0.3) is 0 Å².